The van der Waals surface area contributed by atoms with Gasteiger partial charge in [-0.15, -0.1) is 0 Å². The second-order valence-electron chi connectivity index (χ2n) is 4.71. The van der Waals surface area contributed by atoms with Crippen molar-refractivity contribution in [1.82, 2.24) is 0 Å². The van der Waals surface area contributed by atoms with Crippen LogP contribution in [0.25, 0.3) is 0 Å². The molecule has 0 aromatic heterocycles. The number of benzene rings is 1. The Kier molecular flexibility index (Phi) is 3.93. The van der Waals surface area contributed by atoms with Crippen LogP contribution in [0.4, 0.5) is 5.69 Å². The number of rotatable bonds is 3. The van der Waals surface area contributed by atoms with E-state index in [2.05, 4.69) is 5.32 Å². The molecule has 0 unspecified atom stereocenters. The maximum absolute atomic E-state index is 11.6. The molecule has 1 aromatic carbocycles. The van der Waals surface area contributed by atoms with Crippen LogP contribution in [0.1, 0.15) is 26.3 Å². The summed E-state index contributed by atoms with van der Waals surface area (Å²) in [6, 6.07) is 7.75. The van der Waals surface area contributed by atoms with E-state index in [1.54, 1.807) is 0 Å². The van der Waals surface area contributed by atoms with E-state index >= 15 is 0 Å². The summed E-state index contributed by atoms with van der Waals surface area (Å²) in [5.41, 5.74) is 1.54. The summed E-state index contributed by atoms with van der Waals surface area (Å²) < 4.78 is 5.26. The lowest BCUT2D eigenvalue weighted by molar-refractivity contribution is -0.153. The highest BCUT2D eigenvalue weighted by atomic mass is 16.6. The fraction of sp³-hybridized carbons (Fsp3) is 0.462. The van der Waals surface area contributed by atoms with Gasteiger partial charge in [-0.25, -0.2) is 0 Å². The molecule has 0 saturated carbocycles. The van der Waals surface area contributed by atoms with Crippen LogP contribution in [-0.4, -0.2) is 18.6 Å². The first-order valence-corrected chi connectivity index (χ1v) is 5.39. The first kappa shape index (κ1) is 12.6. The molecule has 3 nitrogen and oxygen atoms in total. The minimum Gasteiger partial charge on any atom is -0.460 e. The third kappa shape index (κ3) is 4.34. The Hall–Kier alpha value is -1.51. The lowest BCUT2D eigenvalue weighted by atomic mass is 10.1. The molecular weight excluding hydrogens is 202 g/mol. The number of esters is 1. The Labute approximate surface area is 96.8 Å². The number of ether oxygens (including phenoxy) is 1. The van der Waals surface area contributed by atoms with Gasteiger partial charge < -0.3 is 10.1 Å². The number of anilines is 1. The summed E-state index contributed by atoms with van der Waals surface area (Å²) in [5.74, 6) is -0.194. The first-order valence-electron chi connectivity index (χ1n) is 5.39. The molecule has 0 spiro atoms. The summed E-state index contributed by atoms with van der Waals surface area (Å²) in [6.45, 7) is 5.61. The third-order valence-electron chi connectivity index (χ3n) is 1.98. The molecular formula is C13H19NO2. The van der Waals surface area contributed by atoms with Gasteiger partial charge in [-0.1, -0.05) is 12.1 Å². The van der Waals surface area contributed by atoms with Gasteiger partial charge in [0.15, 0.2) is 0 Å². The molecule has 0 radical (unpaired) electrons. The molecule has 0 aliphatic heterocycles. The largest absolute Gasteiger partial charge is 0.460 e. The lowest BCUT2D eigenvalue weighted by Gasteiger charge is -2.19. The molecule has 0 heterocycles. The van der Waals surface area contributed by atoms with Crippen molar-refractivity contribution in [3.63, 3.8) is 0 Å². The van der Waals surface area contributed by atoms with Gasteiger partial charge in [0.2, 0.25) is 0 Å². The van der Waals surface area contributed by atoms with E-state index in [1.807, 2.05) is 52.1 Å². The smallest absolute Gasteiger partial charge is 0.310 e. The zero-order valence-electron chi connectivity index (χ0n) is 10.3. The second kappa shape index (κ2) is 5.01. The summed E-state index contributed by atoms with van der Waals surface area (Å²) >= 11 is 0. The summed E-state index contributed by atoms with van der Waals surface area (Å²) in [4.78, 5) is 11.6. The van der Waals surface area contributed by atoms with Crippen LogP contribution < -0.4 is 5.32 Å². The third-order valence-corrected chi connectivity index (χ3v) is 1.98. The average molecular weight is 221 g/mol. The number of carbonyl (C=O) groups is 1. The van der Waals surface area contributed by atoms with E-state index in [0.29, 0.717) is 6.42 Å². The van der Waals surface area contributed by atoms with E-state index in [1.165, 1.54) is 0 Å². The van der Waals surface area contributed by atoms with Gasteiger partial charge in [-0.2, -0.15) is 0 Å². The SMILES string of the molecule is CNc1cccc(CC(=O)OC(C)(C)C)c1. The Bertz CT molecular complexity index is 366. The summed E-state index contributed by atoms with van der Waals surface area (Å²) in [6.07, 6.45) is 0.312. The van der Waals surface area contributed by atoms with Crippen molar-refractivity contribution in [3.05, 3.63) is 29.8 Å². The van der Waals surface area contributed by atoms with E-state index in [0.717, 1.165) is 11.3 Å². The fourth-order valence-electron chi connectivity index (χ4n) is 1.38. The van der Waals surface area contributed by atoms with Crippen LogP contribution in [0.3, 0.4) is 0 Å². The van der Waals surface area contributed by atoms with Crippen LogP contribution in [0, 0.1) is 0 Å². The molecule has 0 saturated heterocycles. The maximum atomic E-state index is 11.6. The number of hydrogen-bond acceptors (Lipinski definition) is 3. The monoisotopic (exact) mass is 221 g/mol. The van der Waals surface area contributed by atoms with Crippen LogP contribution in [0.2, 0.25) is 0 Å². The number of hydrogen-bond donors (Lipinski definition) is 1. The molecule has 1 aromatic rings. The average Bonchev–Trinajstić information content (AvgIpc) is 2.15. The zero-order chi connectivity index (χ0) is 12.2. The van der Waals surface area contributed by atoms with Crippen molar-refractivity contribution in [1.29, 1.82) is 0 Å². The predicted octanol–water partition coefficient (Wildman–Crippen LogP) is 2.61. The molecule has 3 heteroatoms. The van der Waals surface area contributed by atoms with E-state index in [-0.39, 0.29) is 5.97 Å². The van der Waals surface area contributed by atoms with Crippen LogP contribution in [0.5, 0.6) is 0 Å². The van der Waals surface area contributed by atoms with Crippen molar-refractivity contribution >= 4 is 11.7 Å². The number of carbonyl (C=O) groups excluding carboxylic acids is 1. The Morgan fingerprint density at radius 3 is 2.62 bits per heavy atom. The quantitative estimate of drug-likeness (QED) is 0.797. The van der Waals surface area contributed by atoms with Crippen molar-refractivity contribution in [2.45, 2.75) is 32.8 Å². The van der Waals surface area contributed by atoms with Gasteiger partial charge in [-0.3, -0.25) is 4.79 Å². The van der Waals surface area contributed by atoms with E-state index in [4.69, 9.17) is 4.74 Å². The van der Waals surface area contributed by atoms with Gasteiger partial charge in [0.05, 0.1) is 6.42 Å². The Morgan fingerprint density at radius 1 is 1.38 bits per heavy atom. The van der Waals surface area contributed by atoms with Crippen molar-refractivity contribution in [2.24, 2.45) is 0 Å². The van der Waals surface area contributed by atoms with Gasteiger partial charge in [0.25, 0.3) is 0 Å². The lowest BCUT2D eigenvalue weighted by Crippen LogP contribution is -2.24. The van der Waals surface area contributed by atoms with E-state index < -0.39 is 5.60 Å². The molecule has 0 fully saturated rings. The maximum Gasteiger partial charge on any atom is 0.310 e. The van der Waals surface area contributed by atoms with E-state index in [9.17, 15) is 4.79 Å². The van der Waals surface area contributed by atoms with Crippen LogP contribution >= 0.6 is 0 Å². The highest BCUT2D eigenvalue weighted by Crippen LogP contribution is 2.13. The fourth-order valence-corrected chi connectivity index (χ4v) is 1.38. The van der Waals surface area contributed by atoms with Gasteiger partial charge >= 0.3 is 5.97 Å². The second-order valence-corrected chi connectivity index (χ2v) is 4.71. The van der Waals surface area contributed by atoms with Crippen molar-refractivity contribution in [2.75, 3.05) is 12.4 Å². The van der Waals surface area contributed by atoms with Crippen LogP contribution in [0.15, 0.2) is 24.3 Å². The topological polar surface area (TPSA) is 38.3 Å². The highest BCUT2D eigenvalue weighted by Gasteiger charge is 2.16. The predicted molar refractivity (Wildman–Crippen MR) is 65.5 cm³/mol. The normalized spacial score (nSPS) is 11.0. The van der Waals surface area contributed by atoms with Gasteiger partial charge in [-0.05, 0) is 38.5 Å². The highest BCUT2D eigenvalue weighted by molar-refractivity contribution is 5.73. The molecule has 0 aliphatic carbocycles. The molecule has 1 N–H and O–H groups in total. The van der Waals surface area contributed by atoms with Gasteiger partial charge in [0.1, 0.15) is 5.60 Å². The van der Waals surface area contributed by atoms with Crippen LogP contribution in [-0.2, 0) is 16.0 Å². The summed E-state index contributed by atoms with van der Waals surface area (Å²) in [5, 5.41) is 3.04. The minimum absolute atomic E-state index is 0.194. The van der Waals surface area contributed by atoms with Gasteiger partial charge in [0, 0.05) is 12.7 Å². The molecule has 88 valence electrons. The molecule has 16 heavy (non-hydrogen) atoms. The number of nitrogens with one attached hydrogen (secondary N) is 1. The summed E-state index contributed by atoms with van der Waals surface area (Å²) in [7, 11) is 1.85. The van der Waals surface area contributed by atoms with Crippen molar-refractivity contribution in [3.8, 4) is 0 Å². The first-order chi connectivity index (χ1) is 7.40. The van der Waals surface area contributed by atoms with Crippen molar-refractivity contribution < 1.29 is 9.53 Å². The molecule has 0 amide bonds. The minimum atomic E-state index is -0.419. The zero-order valence-corrected chi connectivity index (χ0v) is 10.3. The molecule has 1 rings (SSSR count). The standard InChI is InChI=1S/C13H19NO2/c1-13(2,3)16-12(15)9-10-6-5-7-11(8-10)14-4/h5-8,14H,9H2,1-4H3. The Balaban J connectivity index is 2.62. The molecule has 0 atom stereocenters. The Morgan fingerprint density at radius 2 is 2.06 bits per heavy atom. The molecule has 0 aliphatic rings. The molecule has 0 bridgehead atoms.